The van der Waals surface area contributed by atoms with E-state index in [1.54, 1.807) is 13.0 Å². The number of hydrogen-bond acceptors (Lipinski definition) is 5. The third-order valence-electron chi connectivity index (χ3n) is 2.11. The van der Waals surface area contributed by atoms with Gasteiger partial charge in [0.1, 0.15) is 11.6 Å². The molecule has 1 rings (SSSR count). The fourth-order valence-electron chi connectivity index (χ4n) is 1.26. The second kappa shape index (κ2) is 6.52. The molecule has 0 aromatic heterocycles. The number of carbonyl (C=O) groups is 1. The molecule has 6 nitrogen and oxygen atoms in total. The standard InChI is InChI=1S/C12H9ClN2O4/c1-2-19-12(16)9(7-14)5-8-6-10(15(17)18)3-4-11(8)13/h3-6H,2H2,1H3. The highest BCUT2D eigenvalue weighted by Crippen LogP contribution is 2.24. The fourth-order valence-corrected chi connectivity index (χ4v) is 1.43. The van der Waals surface area contributed by atoms with E-state index in [-0.39, 0.29) is 28.5 Å². The first-order valence-electron chi connectivity index (χ1n) is 5.22. The van der Waals surface area contributed by atoms with Gasteiger partial charge in [-0.1, -0.05) is 11.6 Å². The molecule has 0 aliphatic carbocycles. The highest BCUT2D eigenvalue weighted by molar-refractivity contribution is 6.32. The number of halogens is 1. The van der Waals surface area contributed by atoms with Gasteiger partial charge in [-0.2, -0.15) is 5.26 Å². The molecule has 0 heterocycles. The van der Waals surface area contributed by atoms with Crippen LogP contribution in [-0.2, 0) is 9.53 Å². The number of non-ortho nitro benzene ring substituents is 1. The van der Waals surface area contributed by atoms with Crippen LogP contribution in [0, 0.1) is 21.4 Å². The lowest BCUT2D eigenvalue weighted by atomic mass is 10.1. The van der Waals surface area contributed by atoms with Gasteiger partial charge < -0.3 is 4.74 Å². The molecule has 98 valence electrons. The minimum atomic E-state index is -0.799. The molecule has 0 spiro atoms. The van der Waals surface area contributed by atoms with Crippen molar-refractivity contribution in [2.75, 3.05) is 6.61 Å². The first-order valence-corrected chi connectivity index (χ1v) is 5.60. The summed E-state index contributed by atoms with van der Waals surface area (Å²) in [5.74, 6) is -0.799. The zero-order valence-electron chi connectivity index (χ0n) is 9.92. The van der Waals surface area contributed by atoms with Gasteiger partial charge in [-0.3, -0.25) is 10.1 Å². The summed E-state index contributed by atoms with van der Waals surface area (Å²) < 4.78 is 4.68. The van der Waals surface area contributed by atoms with E-state index in [0.29, 0.717) is 0 Å². The van der Waals surface area contributed by atoms with Gasteiger partial charge in [0.2, 0.25) is 0 Å². The van der Waals surface area contributed by atoms with Crippen LogP contribution in [0.2, 0.25) is 5.02 Å². The summed E-state index contributed by atoms with van der Waals surface area (Å²) in [7, 11) is 0. The Morgan fingerprint density at radius 3 is 2.84 bits per heavy atom. The first kappa shape index (κ1) is 14.7. The van der Waals surface area contributed by atoms with Crippen molar-refractivity contribution in [2.45, 2.75) is 6.92 Å². The predicted octanol–water partition coefficient (Wildman–Crippen LogP) is 2.72. The molecule has 19 heavy (non-hydrogen) atoms. The van der Waals surface area contributed by atoms with Crippen LogP contribution in [0.3, 0.4) is 0 Å². The van der Waals surface area contributed by atoms with E-state index < -0.39 is 10.9 Å². The molecule has 0 atom stereocenters. The van der Waals surface area contributed by atoms with Gasteiger partial charge in [0.25, 0.3) is 5.69 Å². The lowest BCUT2D eigenvalue weighted by Gasteiger charge is -2.01. The maximum Gasteiger partial charge on any atom is 0.348 e. The highest BCUT2D eigenvalue weighted by Gasteiger charge is 2.13. The van der Waals surface area contributed by atoms with Crippen molar-refractivity contribution >= 4 is 29.3 Å². The number of nitriles is 1. The Labute approximate surface area is 114 Å². The molecule has 1 aromatic rings. The number of nitro groups is 1. The highest BCUT2D eigenvalue weighted by atomic mass is 35.5. The molecule has 0 radical (unpaired) electrons. The largest absolute Gasteiger partial charge is 0.462 e. The quantitative estimate of drug-likeness (QED) is 0.278. The van der Waals surface area contributed by atoms with Gasteiger partial charge in [0, 0.05) is 22.7 Å². The summed E-state index contributed by atoms with van der Waals surface area (Å²) in [6.07, 6.45) is 1.16. The average molecular weight is 281 g/mol. The van der Waals surface area contributed by atoms with Crippen LogP contribution in [0.4, 0.5) is 5.69 Å². The molecular weight excluding hydrogens is 272 g/mol. The number of benzene rings is 1. The lowest BCUT2D eigenvalue weighted by Crippen LogP contribution is -2.06. The summed E-state index contributed by atoms with van der Waals surface area (Å²) in [6, 6.07) is 5.41. The Kier molecular flexibility index (Phi) is 5.03. The molecule has 0 fully saturated rings. The van der Waals surface area contributed by atoms with Crippen molar-refractivity contribution in [3.8, 4) is 6.07 Å². The monoisotopic (exact) mass is 280 g/mol. The topological polar surface area (TPSA) is 93.2 Å². The van der Waals surface area contributed by atoms with Gasteiger partial charge in [0.05, 0.1) is 11.5 Å². The summed E-state index contributed by atoms with van der Waals surface area (Å²) in [4.78, 5) is 21.5. The van der Waals surface area contributed by atoms with Gasteiger partial charge in [-0.15, -0.1) is 0 Å². The van der Waals surface area contributed by atoms with E-state index in [9.17, 15) is 14.9 Å². The zero-order chi connectivity index (χ0) is 14.4. The summed E-state index contributed by atoms with van der Waals surface area (Å²) in [5.41, 5.74) is -0.249. The molecule has 0 N–H and O–H groups in total. The lowest BCUT2D eigenvalue weighted by molar-refractivity contribution is -0.384. The van der Waals surface area contributed by atoms with E-state index in [4.69, 9.17) is 16.9 Å². The number of nitrogens with zero attached hydrogens (tertiary/aromatic N) is 2. The normalized spacial score (nSPS) is 10.7. The van der Waals surface area contributed by atoms with Crippen molar-refractivity contribution in [1.82, 2.24) is 0 Å². The molecule has 0 unspecified atom stereocenters. The maximum atomic E-state index is 11.4. The number of esters is 1. The van der Waals surface area contributed by atoms with Gasteiger partial charge in [-0.05, 0) is 19.1 Å². The van der Waals surface area contributed by atoms with E-state index in [2.05, 4.69) is 4.74 Å². The molecular formula is C12H9ClN2O4. The van der Waals surface area contributed by atoms with Crippen LogP contribution < -0.4 is 0 Å². The summed E-state index contributed by atoms with van der Waals surface area (Å²) in [5, 5.41) is 19.7. The molecule has 0 saturated heterocycles. The van der Waals surface area contributed by atoms with Crippen molar-refractivity contribution in [2.24, 2.45) is 0 Å². The SMILES string of the molecule is CCOC(=O)C(C#N)=Cc1cc([N+](=O)[O-])ccc1Cl. The first-order chi connectivity index (χ1) is 8.99. The Bertz CT molecular complexity index is 590. The Hall–Kier alpha value is -2.39. The van der Waals surface area contributed by atoms with Gasteiger partial charge in [-0.25, -0.2) is 4.79 Å². The van der Waals surface area contributed by atoms with Crippen LogP contribution in [-0.4, -0.2) is 17.5 Å². The third kappa shape index (κ3) is 3.79. The van der Waals surface area contributed by atoms with E-state index in [0.717, 1.165) is 6.08 Å². The second-order valence-corrected chi connectivity index (χ2v) is 3.76. The fraction of sp³-hybridized carbons (Fsp3) is 0.167. The molecule has 0 aliphatic heterocycles. The Morgan fingerprint density at radius 1 is 1.63 bits per heavy atom. The second-order valence-electron chi connectivity index (χ2n) is 3.35. The minimum Gasteiger partial charge on any atom is -0.462 e. The number of rotatable bonds is 4. The van der Waals surface area contributed by atoms with Gasteiger partial charge >= 0.3 is 5.97 Å². The summed E-state index contributed by atoms with van der Waals surface area (Å²) in [6.45, 7) is 1.73. The van der Waals surface area contributed by atoms with Crippen LogP contribution >= 0.6 is 11.6 Å². The Morgan fingerprint density at radius 2 is 2.32 bits per heavy atom. The van der Waals surface area contributed by atoms with Crippen molar-refractivity contribution < 1.29 is 14.5 Å². The third-order valence-corrected chi connectivity index (χ3v) is 2.45. The van der Waals surface area contributed by atoms with E-state index >= 15 is 0 Å². The smallest absolute Gasteiger partial charge is 0.348 e. The van der Waals surface area contributed by atoms with Crippen LogP contribution in [0.15, 0.2) is 23.8 Å². The Balaban J connectivity index is 3.22. The summed E-state index contributed by atoms with van der Waals surface area (Å²) >= 11 is 5.85. The predicted molar refractivity (Wildman–Crippen MR) is 68.3 cm³/mol. The average Bonchev–Trinajstić information content (AvgIpc) is 2.37. The van der Waals surface area contributed by atoms with Crippen LogP contribution in [0.25, 0.3) is 6.08 Å². The molecule has 0 aliphatic rings. The molecule has 0 bridgehead atoms. The number of ether oxygens (including phenoxy) is 1. The number of nitro benzene ring substituents is 1. The van der Waals surface area contributed by atoms with Crippen LogP contribution in [0.1, 0.15) is 12.5 Å². The van der Waals surface area contributed by atoms with Crippen molar-refractivity contribution in [3.05, 3.63) is 44.5 Å². The molecule has 7 heteroatoms. The van der Waals surface area contributed by atoms with Crippen LogP contribution in [0.5, 0.6) is 0 Å². The molecule has 0 saturated carbocycles. The van der Waals surface area contributed by atoms with E-state index in [1.165, 1.54) is 18.2 Å². The number of hydrogen-bond donors (Lipinski definition) is 0. The zero-order valence-corrected chi connectivity index (χ0v) is 10.7. The molecule has 1 aromatic carbocycles. The number of carbonyl (C=O) groups excluding carboxylic acids is 1. The molecule has 0 amide bonds. The van der Waals surface area contributed by atoms with E-state index in [1.807, 2.05) is 0 Å². The van der Waals surface area contributed by atoms with Crippen molar-refractivity contribution in [1.29, 1.82) is 5.26 Å². The van der Waals surface area contributed by atoms with Crippen molar-refractivity contribution in [3.63, 3.8) is 0 Å². The van der Waals surface area contributed by atoms with Gasteiger partial charge in [0.15, 0.2) is 0 Å². The minimum absolute atomic E-state index is 0.126. The maximum absolute atomic E-state index is 11.4.